The highest BCUT2D eigenvalue weighted by atomic mass is 15.2. The van der Waals surface area contributed by atoms with Crippen molar-refractivity contribution in [3.8, 4) is 0 Å². The van der Waals surface area contributed by atoms with Gasteiger partial charge in [-0.2, -0.15) is 0 Å². The smallest absolute Gasteiger partial charge is 0.191 e. The molecule has 0 bridgehead atoms. The number of guanidine groups is 1. The highest BCUT2D eigenvalue weighted by molar-refractivity contribution is 5.80. The summed E-state index contributed by atoms with van der Waals surface area (Å²) in [6, 6.07) is 9.58. The molecule has 0 saturated carbocycles. The van der Waals surface area contributed by atoms with Crippen molar-refractivity contribution in [3.63, 3.8) is 0 Å². The van der Waals surface area contributed by atoms with Crippen LogP contribution in [0.15, 0.2) is 41.9 Å². The third-order valence-electron chi connectivity index (χ3n) is 5.84. The quantitative estimate of drug-likeness (QED) is 0.384. The number of aliphatic imine (C=N–C) groups is 1. The van der Waals surface area contributed by atoms with Crippen LogP contribution in [0.1, 0.15) is 58.9 Å². The average Bonchev–Trinajstić information content (AvgIpc) is 3.27. The van der Waals surface area contributed by atoms with Gasteiger partial charge < -0.3 is 20.1 Å². The van der Waals surface area contributed by atoms with Gasteiger partial charge in [-0.3, -0.25) is 4.99 Å². The largest absolute Gasteiger partial charge is 0.371 e. The van der Waals surface area contributed by atoms with Crippen molar-refractivity contribution in [2.45, 2.75) is 71.4 Å². The van der Waals surface area contributed by atoms with Crippen LogP contribution in [0.25, 0.3) is 0 Å². The van der Waals surface area contributed by atoms with Crippen molar-refractivity contribution < 1.29 is 0 Å². The number of piperidine rings is 1. The molecule has 2 N–H and O–H groups in total. The molecule has 2 aromatic rings. The summed E-state index contributed by atoms with van der Waals surface area (Å²) in [6.45, 7) is 13.7. The Bertz CT molecular complexity index is 782. The number of aromatic nitrogens is 3. The molecule has 0 spiro atoms. The maximum atomic E-state index is 4.78. The van der Waals surface area contributed by atoms with Gasteiger partial charge in [-0.25, -0.2) is 0 Å². The third kappa shape index (κ3) is 7.26. The second kappa shape index (κ2) is 11.2. The van der Waals surface area contributed by atoms with E-state index in [1.54, 1.807) is 12.7 Å². The van der Waals surface area contributed by atoms with E-state index in [4.69, 9.17) is 4.99 Å². The lowest BCUT2D eigenvalue weighted by atomic mass is 9.87. The molecule has 0 unspecified atom stereocenters. The first-order valence-electron chi connectivity index (χ1n) is 11.7. The lowest BCUT2D eigenvalue weighted by Crippen LogP contribution is -2.48. The molecule has 0 aliphatic carbocycles. The summed E-state index contributed by atoms with van der Waals surface area (Å²) < 4.78 is 2.01. The van der Waals surface area contributed by atoms with E-state index in [9.17, 15) is 0 Å². The Morgan fingerprint density at radius 1 is 1.06 bits per heavy atom. The summed E-state index contributed by atoms with van der Waals surface area (Å²) in [7, 11) is 0. The van der Waals surface area contributed by atoms with E-state index in [1.807, 2.05) is 4.57 Å². The Morgan fingerprint density at radius 2 is 1.74 bits per heavy atom. The second-order valence-corrected chi connectivity index (χ2v) is 9.37. The van der Waals surface area contributed by atoms with Crippen LogP contribution in [0, 0.1) is 0 Å². The highest BCUT2D eigenvalue weighted by Crippen LogP contribution is 2.26. The lowest BCUT2D eigenvalue weighted by molar-refractivity contribution is 0.461. The van der Waals surface area contributed by atoms with Gasteiger partial charge in [0, 0.05) is 44.5 Å². The number of nitrogens with one attached hydrogen (secondary N) is 2. The number of hydrogen-bond acceptors (Lipinski definition) is 4. The zero-order valence-corrected chi connectivity index (χ0v) is 19.6. The summed E-state index contributed by atoms with van der Waals surface area (Å²) in [5.41, 5.74) is 2.93. The van der Waals surface area contributed by atoms with Gasteiger partial charge in [-0.1, -0.05) is 32.9 Å². The van der Waals surface area contributed by atoms with E-state index in [0.717, 1.165) is 64.4 Å². The van der Waals surface area contributed by atoms with Gasteiger partial charge in [0.2, 0.25) is 0 Å². The maximum Gasteiger partial charge on any atom is 0.191 e. The van der Waals surface area contributed by atoms with Crippen molar-refractivity contribution in [2.75, 3.05) is 31.1 Å². The van der Waals surface area contributed by atoms with E-state index in [0.29, 0.717) is 6.04 Å². The minimum absolute atomic E-state index is 0.203. The summed E-state index contributed by atoms with van der Waals surface area (Å²) in [4.78, 5) is 7.28. The maximum absolute atomic E-state index is 4.78. The molecule has 7 heteroatoms. The topological polar surface area (TPSA) is 70.4 Å². The number of unbranched alkanes of at least 4 members (excludes halogenated alkanes) is 1. The van der Waals surface area contributed by atoms with Crippen LogP contribution in [0.3, 0.4) is 0 Å². The van der Waals surface area contributed by atoms with Gasteiger partial charge in [-0.05, 0) is 55.7 Å². The SMILES string of the molecule is CCNC(=NCCCCn1cnnc1)NC1CCN(c2ccc(C(C)(C)C)cc2)CC1. The van der Waals surface area contributed by atoms with Crippen molar-refractivity contribution in [1.82, 2.24) is 25.4 Å². The van der Waals surface area contributed by atoms with E-state index < -0.39 is 0 Å². The van der Waals surface area contributed by atoms with E-state index in [-0.39, 0.29) is 5.41 Å². The summed E-state index contributed by atoms with van der Waals surface area (Å²) in [6.07, 6.45) is 7.91. The Kier molecular flexibility index (Phi) is 8.32. The van der Waals surface area contributed by atoms with Crippen molar-refractivity contribution in [2.24, 2.45) is 4.99 Å². The van der Waals surface area contributed by atoms with Crippen molar-refractivity contribution >= 4 is 11.6 Å². The summed E-state index contributed by atoms with van der Waals surface area (Å²) >= 11 is 0. The van der Waals surface area contributed by atoms with E-state index in [2.05, 4.69) is 77.7 Å². The molecule has 1 aliphatic heterocycles. The minimum atomic E-state index is 0.203. The summed E-state index contributed by atoms with van der Waals surface area (Å²) in [5, 5.41) is 14.7. The Labute approximate surface area is 187 Å². The van der Waals surface area contributed by atoms with Crippen LogP contribution in [0.5, 0.6) is 0 Å². The molecule has 7 nitrogen and oxygen atoms in total. The molecule has 1 aromatic carbocycles. The molecule has 1 aromatic heterocycles. The standard InChI is InChI=1S/C24H39N7/c1-5-25-23(26-14-6-7-15-30-18-27-28-19-30)29-21-12-16-31(17-13-21)22-10-8-20(9-11-22)24(2,3)4/h8-11,18-19,21H,5-7,12-17H2,1-4H3,(H2,25,26,29). The van der Waals surface area contributed by atoms with Crippen LogP contribution in [0.4, 0.5) is 5.69 Å². The predicted molar refractivity (Wildman–Crippen MR) is 129 cm³/mol. The average molecular weight is 426 g/mol. The first-order valence-corrected chi connectivity index (χ1v) is 11.7. The van der Waals surface area contributed by atoms with Crippen LogP contribution in [-0.2, 0) is 12.0 Å². The fourth-order valence-electron chi connectivity index (χ4n) is 3.90. The zero-order chi connectivity index (χ0) is 22.1. The third-order valence-corrected chi connectivity index (χ3v) is 5.84. The first-order chi connectivity index (χ1) is 15.0. The molecule has 31 heavy (non-hydrogen) atoms. The molecule has 1 aliphatic rings. The zero-order valence-electron chi connectivity index (χ0n) is 19.6. The fourth-order valence-corrected chi connectivity index (χ4v) is 3.90. The first kappa shape index (κ1) is 23.1. The van der Waals surface area contributed by atoms with Crippen molar-refractivity contribution in [3.05, 3.63) is 42.5 Å². The van der Waals surface area contributed by atoms with Gasteiger partial charge >= 0.3 is 0 Å². The van der Waals surface area contributed by atoms with Gasteiger partial charge in [-0.15, -0.1) is 10.2 Å². The molecule has 2 heterocycles. The number of nitrogens with zero attached hydrogens (tertiary/aromatic N) is 5. The normalized spacial score (nSPS) is 15.9. The Balaban J connectivity index is 1.42. The monoisotopic (exact) mass is 425 g/mol. The predicted octanol–water partition coefficient (Wildman–Crippen LogP) is 3.58. The summed E-state index contributed by atoms with van der Waals surface area (Å²) in [5.74, 6) is 0.944. The molecule has 0 amide bonds. The number of rotatable bonds is 8. The van der Waals surface area contributed by atoms with Crippen molar-refractivity contribution in [1.29, 1.82) is 0 Å². The van der Waals surface area contributed by atoms with Gasteiger partial charge in [0.05, 0.1) is 0 Å². The molecule has 170 valence electrons. The molecule has 0 radical (unpaired) electrons. The molecular weight excluding hydrogens is 386 g/mol. The number of aryl methyl sites for hydroxylation is 1. The molecule has 1 fully saturated rings. The van der Waals surface area contributed by atoms with Gasteiger partial charge in [0.1, 0.15) is 12.7 Å². The number of hydrogen-bond donors (Lipinski definition) is 2. The number of benzene rings is 1. The van der Waals surface area contributed by atoms with Crippen LogP contribution >= 0.6 is 0 Å². The van der Waals surface area contributed by atoms with Gasteiger partial charge in [0.15, 0.2) is 5.96 Å². The van der Waals surface area contributed by atoms with Crippen LogP contribution in [0.2, 0.25) is 0 Å². The van der Waals surface area contributed by atoms with E-state index in [1.165, 1.54) is 11.3 Å². The van der Waals surface area contributed by atoms with Gasteiger partial charge in [0.25, 0.3) is 0 Å². The Morgan fingerprint density at radius 3 is 2.35 bits per heavy atom. The lowest BCUT2D eigenvalue weighted by Gasteiger charge is -2.35. The Hall–Kier alpha value is -2.57. The molecule has 0 atom stereocenters. The van der Waals surface area contributed by atoms with Crippen LogP contribution in [-0.4, -0.2) is 52.9 Å². The molecule has 1 saturated heterocycles. The minimum Gasteiger partial charge on any atom is -0.371 e. The van der Waals surface area contributed by atoms with Crippen LogP contribution < -0.4 is 15.5 Å². The molecular formula is C24H39N7. The number of anilines is 1. The second-order valence-electron chi connectivity index (χ2n) is 9.37. The fraction of sp³-hybridized carbons (Fsp3) is 0.625. The highest BCUT2D eigenvalue weighted by Gasteiger charge is 2.21. The van der Waals surface area contributed by atoms with E-state index >= 15 is 0 Å². The molecule has 3 rings (SSSR count).